The molecular formula is C30H25ClFN3O3. The van der Waals surface area contributed by atoms with Gasteiger partial charge in [-0.25, -0.2) is 9.37 Å². The van der Waals surface area contributed by atoms with Crippen molar-refractivity contribution in [1.29, 1.82) is 0 Å². The number of aliphatic hydroxyl groups excluding tert-OH is 1. The first-order valence-electron chi connectivity index (χ1n) is 12.6. The third-order valence-corrected chi connectivity index (χ3v) is 7.89. The van der Waals surface area contributed by atoms with Crippen LogP contribution in [0.3, 0.4) is 0 Å². The lowest BCUT2D eigenvalue weighted by Crippen LogP contribution is -2.42. The Hall–Kier alpha value is -3.81. The molecule has 1 aliphatic heterocycles. The number of carbonyl (C=O) groups excluding carboxylic acids is 1. The lowest BCUT2D eigenvalue weighted by molar-refractivity contribution is -0.141. The van der Waals surface area contributed by atoms with Gasteiger partial charge in [0.05, 0.1) is 28.2 Å². The zero-order valence-corrected chi connectivity index (χ0v) is 21.2. The number of amides is 1. The largest absolute Gasteiger partial charge is 0.378 e. The van der Waals surface area contributed by atoms with Crippen molar-refractivity contribution in [3.8, 4) is 11.1 Å². The smallest absolute Gasteiger partial charge is 0.256 e. The number of benzene rings is 3. The first kappa shape index (κ1) is 24.5. The molecule has 6 nitrogen and oxygen atoms in total. The van der Waals surface area contributed by atoms with Gasteiger partial charge >= 0.3 is 0 Å². The second-order valence-corrected chi connectivity index (χ2v) is 10.4. The van der Waals surface area contributed by atoms with Crippen LogP contribution < -0.4 is 5.56 Å². The van der Waals surface area contributed by atoms with Crippen LogP contribution in [0, 0.1) is 5.82 Å². The molecule has 1 atom stereocenters. The minimum Gasteiger partial charge on any atom is -0.378 e. The first-order chi connectivity index (χ1) is 18.4. The van der Waals surface area contributed by atoms with Crippen molar-refractivity contribution in [2.75, 3.05) is 6.54 Å². The number of carbonyl (C=O) groups is 1. The van der Waals surface area contributed by atoms with Gasteiger partial charge in [0.2, 0.25) is 0 Å². The lowest BCUT2D eigenvalue weighted by atomic mass is 9.94. The fourth-order valence-electron chi connectivity index (χ4n) is 5.26. The highest BCUT2D eigenvalue weighted by Crippen LogP contribution is 2.52. The van der Waals surface area contributed by atoms with Gasteiger partial charge in [0, 0.05) is 13.0 Å². The molecule has 3 aromatic carbocycles. The van der Waals surface area contributed by atoms with E-state index in [0.717, 1.165) is 18.4 Å². The number of fused-ring (bicyclic) bond motifs is 1. The average molecular weight is 530 g/mol. The van der Waals surface area contributed by atoms with Crippen molar-refractivity contribution < 1.29 is 14.3 Å². The van der Waals surface area contributed by atoms with Crippen LogP contribution in [0.25, 0.3) is 11.1 Å². The second kappa shape index (κ2) is 9.49. The quantitative estimate of drug-likeness (QED) is 0.384. The summed E-state index contributed by atoms with van der Waals surface area (Å²) in [5.74, 6) is -0.322. The number of nitrogens with one attached hydrogen (secondary N) is 1. The predicted octanol–water partition coefficient (Wildman–Crippen LogP) is 4.93. The van der Waals surface area contributed by atoms with Gasteiger partial charge in [-0.1, -0.05) is 66.2 Å². The Morgan fingerprint density at radius 1 is 1.05 bits per heavy atom. The summed E-state index contributed by atoms with van der Waals surface area (Å²) < 4.78 is 13.6. The Bertz CT molecular complexity index is 1600. The Kier molecular flexibility index (Phi) is 6.13. The molecular weight excluding hydrogens is 505 g/mol. The number of nitrogens with zero attached hydrogens (tertiary/aromatic N) is 2. The fourth-order valence-corrected chi connectivity index (χ4v) is 5.44. The van der Waals surface area contributed by atoms with E-state index in [9.17, 15) is 19.1 Å². The molecule has 1 saturated carbocycles. The van der Waals surface area contributed by atoms with Crippen molar-refractivity contribution >= 4 is 17.5 Å². The van der Waals surface area contributed by atoms with E-state index < -0.39 is 17.8 Å². The van der Waals surface area contributed by atoms with Gasteiger partial charge in [0.1, 0.15) is 11.6 Å². The number of aliphatic hydroxyl groups is 1. The number of H-pyrrole nitrogens is 1. The van der Waals surface area contributed by atoms with Crippen molar-refractivity contribution in [3.63, 3.8) is 0 Å². The standard InChI is InChI=1S/C30H25ClFN3O3/c31-23-16-19(9-10-24(23)32)18-5-4-6-20(15-18)26(36)28(38)35-14-11-25-22(17-35)27(37)34-29(33-25)30(12-13-30)21-7-2-1-3-8-21/h1-10,15-16,26,36H,11-14,17H2,(H,33,34,37). The van der Waals surface area contributed by atoms with Gasteiger partial charge in [0.15, 0.2) is 6.10 Å². The predicted molar refractivity (Wildman–Crippen MR) is 142 cm³/mol. The molecule has 2 heterocycles. The molecule has 1 aliphatic carbocycles. The average Bonchev–Trinajstić information content (AvgIpc) is 3.76. The molecule has 192 valence electrons. The Morgan fingerprint density at radius 3 is 2.55 bits per heavy atom. The highest BCUT2D eigenvalue weighted by Gasteiger charge is 2.48. The molecule has 1 amide bonds. The van der Waals surface area contributed by atoms with Crippen LogP contribution in [0.4, 0.5) is 4.39 Å². The summed E-state index contributed by atoms with van der Waals surface area (Å²) >= 11 is 5.92. The maximum atomic E-state index is 13.6. The number of halogens is 2. The summed E-state index contributed by atoms with van der Waals surface area (Å²) in [7, 11) is 0. The van der Waals surface area contributed by atoms with E-state index in [0.29, 0.717) is 46.7 Å². The maximum Gasteiger partial charge on any atom is 0.256 e. The molecule has 0 spiro atoms. The summed E-state index contributed by atoms with van der Waals surface area (Å²) in [4.78, 5) is 35.7. The molecule has 4 aromatic rings. The summed E-state index contributed by atoms with van der Waals surface area (Å²) in [6.07, 6.45) is 0.882. The summed E-state index contributed by atoms with van der Waals surface area (Å²) in [6, 6.07) is 21.3. The minimum absolute atomic E-state index is 0.00475. The van der Waals surface area contributed by atoms with E-state index >= 15 is 0 Å². The zero-order chi connectivity index (χ0) is 26.4. The normalized spacial score (nSPS) is 16.6. The summed E-state index contributed by atoms with van der Waals surface area (Å²) in [5.41, 5.74) is 3.58. The van der Waals surface area contributed by atoms with Gasteiger partial charge in [-0.05, 0) is 53.3 Å². The van der Waals surface area contributed by atoms with Crippen LogP contribution in [0.5, 0.6) is 0 Å². The Balaban J connectivity index is 1.22. The number of rotatable bonds is 5. The molecule has 0 bridgehead atoms. The zero-order valence-electron chi connectivity index (χ0n) is 20.5. The van der Waals surface area contributed by atoms with Crippen molar-refractivity contribution in [2.24, 2.45) is 0 Å². The third-order valence-electron chi connectivity index (χ3n) is 7.60. The van der Waals surface area contributed by atoms with E-state index in [1.165, 1.54) is 17.0 Å². The molecule has 2 aliphatic rings. The number of hydrogen-bond donors (Lipinski definition) is 2. The Morgan fingerprint density at radius 2 is 1.82 bits per heavy atom. The highest BCUT2D eigenvalue weighted by molar-refractivity contribution is 6.31. The number of aromatic nitrogens is 2. The molecule has 1 unspecified atom stereocenters. The topological polar surface area (TPSA) is 86.3 Å². The van der Waals surface area contributed by atoms with Gasteiger partial charge in [-0.2, -0.15) is 0 Å². The summed E-state index contributed by atoms with van der Waals surface area (Å²) in [6.45, 7) is 0.434. The van der Waals surface area contributed by atoms with Gasteiger partial charge in [-0.15, -0.1) is 0 Å². The SMILES string of the molecule is O=C(C(O)c1cccc(-c2ccc(F)c(Cl)c2)c1)N1CCc2nc(C3(c4ccccc4)CC3)[nH]c(=O)c2C1. The van der Waals surface area contributed by atoms with E-state index in [1.807, 2.05) is 18.2 Å². The molecule has 0 radical (unpaired) electrons. The molecule has 1 aromatic heterocycles. The molecule has 8 heteroatoms. The third kappa shape index (κ3) is 4.31. The van der Waals surface area contributed by atoms with Crippen LogP contribution in [-0.4, -0.2) is 32.4 Å². The van der Waals surface area contributed by atoms with Gasteiger partial charge in [0.25, 0.3) is 11.5 Å². The minimum atomic E-state index is -1.41. The monoisotopic (exact) mass is 529 g/mol. The van der Waals surface area contributed by atoms with Crippen molar-refractivity contribution in [1.82, 2.24) is 14.9 Å². The summed E-state index contributed by atoms with van der Waals surface area (Å²) in [5, 5.41) is 10.9. The van der Waals surface area contributed by atoms with Gasteiger partial charge < -0.3 is 15.0 Å². The van der Waals surface area contributed by atoms with Crippen LogP contribution in [0.1, 0.15) is 47.2 Å². The Labute approximate surface area is 223 Å². The van der Waals surface area contributed by atoms with Crippen molar-refractivity contribution in [3.05, 3.63) is 122 Å². The van der Waals surface area contributed by atoms with E-state index in [2.05, 4.69) is 17.1 Å². The molecule has 6 rings (SSSR count). The molecule has 1 fully saturated rings. The number of hydrogen-bond acceptors (Lipinski definition) is 4. The van der Waals surface area contributed by atoms with Crippen LogP contribution >= 0.6 is 11.6 Å². The van der Waals surface area contributed by atoms with Gasteiger partial charge in [-0.3, -0.25) is 9.59 Å². The molecule has 38 heavy (non-hydrogen) atoms. The second-order valence-electron chi connectivity index (χ2n) is 9.95. The van der Waals surface area contributed by atoms with E-state index in [-0.39, 0.29) is 22.5 Å². The highest BCUT2D eigenvalue weighted by atomic mass is 35.5. The van der Waals surface area contributed by atoms with Crippen molar-refractivity contribution in [2.45, 2.75) is 37.3 Å². The van der Waals surface area contributed by atoms with Crippen LogP contribution in [-0.2, 0) is 23.2 Å². The van der Waals surface area contributed by atoms with Crippen LogP contribution in [0.2, 0.25) is 5.02 Å². The first-order valence-corrected chi connectivity index (χ1v) is 12.9. The van der Waals surface area contributed by atoms with E-state index in [4.69, 9.17) is 16.6 Å². The maximum absolute atomic E-state index is 13.6. The van der Waals surface area contributed by atoms with E-state index in [1.54, 1.807) is 30.3 Å². The molecule has 2 N–H and O–H groups in total. The fraction of sp³-hybridized carbons (Fsp3) is 0.233. The van der Waals surface area contributed by atoms with Crippen LogP contribution in [0.15, 0.2) is 77.6 Å². The lowest BCUT2D eigenvalue weighted by Gasteiger charge is -2.30. The number of aromatic amines is 1. The molecule has 0 saturated heterocycles.